The van der Waals surface area contributed by atoms with Crippen LogP contribution in [-0.4, -0.2) is 34.9 Å². The summed E-state index contributed by atoms with van der Waals surface area (Å²) in [5.74, 6) is 0.415. The number of para-hydroxylation sites is 1. The maximum Gasteiger partial charge on any atom is 0.272 e. The Morgan fingerprint density at radius 3 is 2.68 bits per heavy atom. The van der Waals surface area contributed by atoms with E-state index < -0.39 is 0 Å². The van der Waals surface area contributed by atoms with Gasteiger partial charge in [-0.3, -0.25) is 4.79 Å². The number of hydrogen-bond acceptors (Lipinski definition) is 3. The third-order valence-corrected chi connectivity index (χ3v) is 4.07. The lowest BCUT2D eigenvalue weighted by atomic mass is 10.0. The molecule has 1 saturated heterocycles. The molecule has 120 valence electrons. The average molecular weight is 342 g/mol. The van der Waals surface area contributed by atoms with Gasteiger partial charge >= 0.3 is 0 Å². The van der Waals surface area contributed by atoms with Crippen molar-refractivity contribution in [3.63, 3.8) is 0 Å². The van der Waals surface area contributed by atoms with E-state index in [9.17, 15) is 4.79 Å². The molecule has 2 aromatic rings. The molecule has 2 unspecified atom stereocenters. The standard InChI is InChI=1S/C16H19N3O.2ClH/c1-11(17)13-8-9-19(10-13)16(20)15-7-6-12-4-2-3-5-14(12)18-15;;/h2-7,11,13H,8-10,17H2,1H3;2*1H. The molecule has 1 aliphatic heterocycles. The number of carbonyl (C=O) groups is 1. The Morgan fingerprint density at radius 2 is 2.00 bits per heavy atom. The van der Waals surface area contributed by atoms with Gasteiger partial charge in [-0.15, -0.1) is 24.8 Å². The summed E-state index contributed by atoms with van der Waals surface area (Å²) in [6.07, 6.45) is 0.983. The van der Waals surface area contributed by atoms with Crippen LogP contribution in [0.4, 0.5) is 0 Å². The first kappa shape index (κ1) is 18.7. The predicted octanol–water partition coefficient (Wildman–Crippen LogP) is 2.89. The quantitative estimate of drug-likeness (QED) is 0.913. The van der Waals surface area contributed by atoms with Gasteiger partial charge in [0.15, 0.2) is 0 Å². The minimum Gasteiger partial charge on any atom is -0.337 e. The van der Waals surface area contributed by atoms with Gasteiger partial charge in [-0.25, -0.2) is 4.98 Å². The predicted molar refractivity (Wildman–Crippen MR) is 93.9 cm³/mol. The van der Waals surface area contributed by atoms with Crippen LogP contribution < -0.4 is 5.73 Å². The summed E-state index contributed by atoms with van der Waals surface area (Å²) in [4.78, 5) is 18.8. The van der Waals surface area contributed by atoms with Crippen LogP contribution >= 0.6 is 24.8 Å². The van der Waals surface area contributed by atoms with E-state index in [0.29, 0.717) is 11.6 Å². The summed E-state index contributed by atoms with van der Waals surface area (Å²) in [7, 11) is 0. The molecule has 0 bridgehead atoms. The fraction of sp³-hybridized carbons (Fsp3) is 0.375. The molecule has 0 radical (unpaired) electrons. The summed E-state index contributed by atoms with van der Waals surface area (Å²) in [5.41, 5.74) is 7.30. The van der Waals surface area contributed by atoms with Crippen molar-refractivity contribution in [1.82, 2.24) is 9.88 Å². The molecule has 1 aliphatic rings. The van der Waals surface area contributed by atoms with Gasteiger partial charge in [0.1, 0.15) is 5.69 Å². The van der Waals surface area contributed by atoms with Crippen LogP contribution in [0.25, 0.3) is 10.9 Å². The highest BCUT2D eigenvalue weighted by Crippen LogP contribution is 2.21. The Balaban J connectivity index is 0.00000121. The number of nitrogens with two attached hydrogens (primary N) is 1. The molecule has 0 saturated carbocycles. The van der Waals surface area contributed by atoms with Gasteiger partial charge in [-0.05, 0) is 31.4 Å². The molecular weight excluding hydrogens is 321 g/mol. The SMILES string of the molecule is CC(N)C1CCN(C(=O)c2ccc3ccccc3n2)C1.Cl.Cl. The van der Waals surface area contributed by atoms with Crippen LogP contribution in [0.5, 0.6) is 0 Å². The summed E-state index contributed by atoms with van der Waals surface area (Å²) >= 11 is 0. The van der Waals surface area contributed by atoms with Crippen molar-refractivity contribution in [3.8, 4) is 0 Å². The topological polar surface area (TPSA) is 59.2 Å². The third-order valence-electron chi connectivity index (χ3n) is 4.07. The molecule has 1 aromatic carbocycles. The van der Waals surface area contributed by atoms with Gasteiger partial charge < -0.3 is 10.6 Å². The maximum absolute atomic E-state index is 12.5. The average Bonchev–Trinajstić information content (AvgIpc) is 2.96. The van der Waals surface area contributed by atoms with Crippen molar-refractivity contribution in [2.24, 2.45) is 11.7 Å². The number of aromatic nitrogens is 1. The zero-order valence-electron chi connectivity index (χ0n) is 12.4. The first-order chi connectivity index (χ1) is 9.65. The molecule has 1 fully saturated rings. The van der Waals surface area contributed by atoms with E-state index in [0.717, 1.165) is 30.4 Å². The Bertz CT molecular complexity index is 648. The van der Waals surface area contributed by atoms with Crippen molar-refractivity contribution in [2.75, 3.05) is 13.1 Å². The van der Waals surface area contributed by atoms with Crippen molar-refractivity contribution >= 4 is 41.6 Å². The summed E-state index contributed by atoms with van der Waals surface area (Å²) < 4.78 is 0. The minimum atomic E-state index is 0. The van der Waals surface area contributed by atoms with Crippen LogP contribution in [0.1, 0.15) is 23.8 Å². The summed E-state index contributed by atoms with van der Waals surface area (Å²) in [6.45, 7) is 3.53. The number of pyridine rings is 1. The van der Waals surface area contributed by atoms with E-state index in [4.69, 9.17) is 5.73 Å². The molecule has 2 atom stereocenters. The van der Waals surface area contributed by atoms with Gasteiger partial charge in [0.2, 0.25) is 0 Å². The lowest BCUT2D eigenvalue weighted by molar-refractivity contribution is 0.0780. The molecule has 1 amide bonds. The smallest absolute Gasteiger partial charge is 0.272 e. The van der Waals surface area contributed by atoms with Crippen LogP contribution in [0.2, 0.25) is 0 Å². The van der Waals surface area contributed by atoms with Gasteiger partial charge in [0.25, 0.3) is 5.91 Å². The second-order valence-electron chi connectivity index (χ2n) is 5.55. The van der Waals surface area contributed by atoms with Crippen molar-refractivity contribution in [2.45, 2.75) is 19.4 Å². The molecule has 6 heteroatoms. The number of likely N-dealkylation sites (tertiary alicyclic amines) is 1. The largest absolute Gasteiger partial charge is 0.337 e. The molecule has 0 aliphatic carbocycles. The monoisotopic (exact) mass is 341 g/mol. The Morgan fingerprint density at radius 1 is 1.27 bits per heavy atom. The number of rotatable bonds is 2. The number of amides is 1. The van der Waals surface area contributed by atoms with Crippen molar-refractivity contribution in [3.05, 3.63) is 42.1 Å². The van der Waals surface area contributed by atoms with E-state index in [1.165, 1.54) is 0 Å². The van der Waals surface area contributed by atoms with E-state index in [1.807, 2.05) is 48.2 Å². The van der Waals surface area contributed by atoms with E-state index in [2.05, 4.69) is 4.98 Å². The lowest BCUT2D eigenvalue weighted by Gasteiger charge is -2.17. The van der Waals surface area contributed by atoms with Crippen LogP contribution in [0.3, 0.4) is 0 Å². The van der Waals surface area contributed by atoms with Gasteiger partial charge in [0, 0.05) is 24.5 Å². The maximum atomic E-state index is 12.5. The Hall–Kier alpha value is -1.36. The number of carbonyl (C=O) groups excluding carboxylic acids is 1. The summed E-state index contributed by atoms with van der Waals surface area (Å²) in [6, 6.07) is 11.7. The fourth-order valence-corrected chi connectivity index (χ4v) is 2.75. The number of benzene rings is 1. The van der Waals surface area contributed by atoms with E-state index >= 15 is 0 Å². The molecule has 22 heavy (non-hydrogen) atoms. The molecule has 4 nitrogen and oxygen atoms in total. The normalized spacial score (nSPS) is 18.5. The number of nitrogens with zero attached hydrogens (tertiary/aromatic N) is 2. The van der Waals surface area contributed by atoms with Crippen molar-refractivity contribution < 1.29 is 4.79 Å². The second-order valence-corrected chi connectivity index (χ2v) is 5.55. The Kier molecular flexibility index (Phi) is 6.60. The number of halogens is 2. The van der Waals surface area contributed by atoms with Crippen molar-refractivity contribution in [1.29, 1.82) is 0 Å². The molecular formula is C16H21Cl2N3O. The second kappa shape index (κ2) is 7.77. The highest BCUT2D eigenvalue weighted by Gasteiger charge is 2.29. The zero-order chi connectivity index (χ0) is 14.1. The lowest BCUT2D eigenvalue weighted by Crippen LogP contribution is -2.33. The van der Waals surface area contributed by atoms with Crippen LogP contribution in [-0.2, 0) is 0 Å². The Labute approximate surface area is 142 Å². The highest BCUT2D eigenvalue weighted by atomic mass is 35.5. The highest BCUT2D eigenvalue weighted by molar-refractivity contribution is 5.95. The van der Waals surface area contributed by atoms with Gasteiger partial charge in [-0.1, -0.05) is 24.3 Å². The molecule has 0 spiro atoms. The minimum absolute atomic E-state index is 0. The number of hydrogen-bond donors (Lipinski definition) is 1. The molecule has 1 aromatic heterocycles. The van der Waals surface area contributed by atoms with Gasteiger partial charge in [-0.2, -0.15) is 0 Å². The number of fused-ring (bicyclic) bond motifs is 1. The van der Waals surface area contributed by atoms with E-state index in [-0.39, 0.29) is 36.8 Å². The molecule has 2 N–H and O–H groups in total. The molecule has 2 heterocycles. The van der Waals surface area contributed by atoms with E-state index in [1.54, 1.807) is 0 Å². The molecule has 3 rings (SSSR count). The first-order valence-electron chi connectivity index (χ1n) is 7.06. The van der Waals surface area contributed by atoms with Crippen LogP contribution in [0.15, 0.2) is 36.4 Å². The first-order valence-corrected chi connectivity index (χ1v) is 7.06. The summed E-state index contributed by atoms with van der Waals surface area (Å²) in [5, 5.41) is 1.05. The zero-order valence-corrected chi connectivity index (χ0v) is 14.1. The third kappa shape index (κ3) is 3.69. The van der Waals surface area contributed by atoms with Gasteiger partial charge in [0.05, 0.1) is 5.52 Å². The van der Waals surface area contributed by atoms with Crippen LogP contribution in [0, 0.1) is 5.92 Å². The fourth-order valence-electron chi connectivity index (χ4n) is 2.75.